The van der Waals surface area contributed by atoms with Gasteiger partial charge in [0, 0.05) is 11.0 Å². The van der Waals surface area contributed by atoms with Crippen molar-refractivity contribution in [2.75, 3.05) is 26.3 Å². The monoisotopic (exact) mass is 351 g/mol. The molecule has 0 spiro atoms. The minimum atomic E-state index is -0.252. The average molecular weight is 353 g/mol. The summed E-state index contributed by atoms with van der Waals surface area (Å²) in [7, 11) is 0. The smallest absolute Gasteiger partial charge is 0.127 e. The van der Waals surface area contributed by atoms with Crippen LogP contribution in [0, 0.1) is 11.7 Å². The topological polar surface area (TPSA) is 21.3 Å². The molecule has 1 N–H and O–H groups in total. The second-order valence-electron chi connectivity index (χ2n) is 4.82. The highest BCUT2D eigenvalue weighted by Crippen LogP contribution is 2.25. The van der Waals surface area contributed by atoms with Gasteiger partial charge in [0.25, 0.3) is 0 Å². The Morgan fingerprint density at radius 1 is 1.37 bits per heavy atom. The molecule has 0 aliphatic heterocycles. The first kappa shape index (κ1) is 16.9. The Balaban J connectivity index is 2.21. The highest BCUT2D eigenvalue weighted by Gasteiger charge is 2.06. The van der Waals surface area contributed by atoms with Gasteiger partial charge in [-0.05, 0) is 52.5 Å². The van der Waals surface area contributed by atoms with Gasteiger partial charge in [0.15, 0.2) is 0 Å². The Kier molecular flexibility index (Phi) is 7.91. The molecule has 0 aromatic heterocycles. The van der Waals surface area contributed by atoms with Gasteiger partial charge in [-0.25, -0.2) is 4.39 Å². The van der Waals surface area contributed by atoms with Gasteiger partial charge in [0.05, 0.1) is 18.2 Å². The molecule has 0 aliphatic rings. The van der Waals surface area contributed by atoms with Gasteiger partial charge in [-0.3, -0.25) is 0 Å². The molecule has 1 aromatic rings. The zero-order valence-electron chi connectivity index (χ0n) is 11.3. The van der Waals surface area contributed by atoms with Crippen molar-refractivity contribution in [2.45, 2.75) is 20.3 Å². The van der Waals surface area contributed by atoms with Gasteiger partial charge < -0.3 is 10.1 Å². The van der Waals surface area contributed by atoms with Crippen molar-refractivity contribution in [3.63, 3.8) is 0 Å². The van der Waals surface area contributed by atoms with Crippen LogP contribution in [0.3, 0.4) is 0 Å². The quantitative estimate of drug-likeness (QED) is 0.563. The predicted octanol–water partition coefficient (Wildman–Crippen LogP) is 4.05. The molecule has 1 rings (SSSR count). The van der Waals surface area contributed by atoms with E-state index in [-0.39, 0.29) is 5.82 Å². The van der Waals surface area contributed by atoms with Crippen LogP contribution in [0.15, 0.2) is 16.6 Å². The molecule has 0 radical (unpaired) electrons. The first-order chi connectivity index (χ1) is 9.00. The maximum Gasteiger partial charge on any atom is 0.127 e. The maximum atomic E-state index is 13.6. The van der Waals surface area contributed by atoms with Crippen LogP contribution in [-0.2, 0) is 11.2 Å². The molecule has 2 nitrogen and oxygen atoms in total. The SMILES string of the molecule is CC(C)CNCCOCCc1cc(Cl)c(Br)cc1F. The number of nitrogens with one attached hydrogen (secondary N) is 1. The van der Waals surface area contributed by atoms with Gasteiger partial charge in [-0.2, -0.15) is 0 Å². The zero-order chi connectivity index (χ0) is 14.3. The van der Waals surface area contributed by atoms with E-state index >= 15 is 0 Å². The van der Waals surface area contributed by atoms with Crippen LogP contribution in [0.1, 0.15) is 19.4 Å². The predicted molar refractivity (Wildman–Crippen MR) is 81.3 cm³/mol. The lowest BCUT2D eigenvalue weighted by Gasteiger charge is -2.09. The largest absolute Gasteiger partial charge is 0.380 e. The van der Waals surface area contributed by atoms with Crippen LogP contribution >= 0.6 is 27.5 Å². The lowest BCUT2D eigenvalue weighted by molar-refractivity contribution is 0.138. The van der Waals surface area contributed by atoms with E-state index < -0.39 is 0 Å². The van der Waals surface area contributed by atoms with Crippen molar-refractivity contribution < 1.29 is 9.13 Å². The minimum Gasteiger partial charge on any atom is -0.380 e. The first-order valence-corrected chi connectivity index (χ1v) is 7.59. The van der Waals surface area contributed by atoms with Crippen molar-refractivity contribution in [2.24, 2.45) is 5.92 Å². The second kappa shape index (κ2) is 8.90. The van der Waals surface area contributed by atoms with Gasteiger partial charge in [-0.15, -0.1) is 0 Å². The van der Waals surface area contributed by atoms with Crippen molar-refractivity contribution in [3.8, 4) is 0 Å². The fourth-order valence-electron chi connectivity index (χ4n) is 1.57. The normalized spacial score (nSPS) is 11.3. The average Bonchev–Trinajstić information content (AvgIpc) is 2.33. The van der Waals surface area contributed by atoms with Crippen molar-refractivity contribution in [1.82, 2.24) is 5.32 Å². The maximum absolute atomic E-state index is 13.6. The van der Waals surface area contributed by atoms with Crippen molar-refractivity contribution >= 4 is 27.5 Å². The van der Waals surface area contributed by atoms with E-state index in [1.807, 2.05) is 0 Å². The summed E-state index contributed by atoms with van der Waals surface area (Å²) in [4.78, 5) is 0. The molecule has 0 unspecified atom stereocenters. The molecular formula is C14H20BrClFNO. The van der Waals surface area contributed by atoms with Crippen LogP contribution in [0.25, 0.3) is 0 Å². The van der Waals surface area contributed by atoms with Crippen LogP contribution in [0.4, 0.5) is 4.39 Å². The Bertz CT molecular complexity index is 401. The summed E-state index contributed by atoms with van der Waals surface area (Å²) in [5.74, 6) is 0.386. The van der Waals surface area contributed by atoms with Crippen molar-refractivity contribution in [1.29, 1.82) is 0 Å². The number of benzene rings is 1. The number of hydrogen-bond donors (Lipinski definition) is 1. The summed E-state index contributed by atoms with van der Waals surface area (Å²) in [5, 5.41) is 3.81. The summed E-state index contributed by atoms with van der Waals surface area (Å²) in [5.41, 5.74) is 0.586. The van der Waals surface area contributed by atoms with Crippen molar-refractivity contribution in [3.05, 3.63) is 33.0 Å². The summed E-state index contributed by atoms with van der Waals surface area (Å²) in [6.07, 6.45) is 0.531. The van der Waals surface area contributed by atoms with Gasteiger partial charge in [-0.1, -0.05) is 25.4 Å². The molecule has 0 saturated heterocycles. The Labute approximate surface area is 127 Å². The molecule has 19 heavy (non-hydrogen) atoms. The molecule has 5 heteroatoms. The van der Waals surface area contributed by atoms with E-state index in [1.165, 1.54) is 6.07 Å². The van der Waals surface area contributed by atoms with E-state index in [2.05, 4.69) is 35.1 Å². The van der Waals surface area contributed by atoms with E-state index in [0.717, 1.165) is 13.1 Å². The minimum absolute atomic E-state index is 0.252. The van der Waals surface area contributed by atoms with E-state index in [1.54, 1.807) is 6.07 Å². The molecule has 0 heterocycles. The number of hydrogen-bond acceptors (Lipinski definition) is 2. The number of rotatable bonds is 8. The van der Waals surface area contributed by atoms with Crippen LogP contribution in [0.5, 0.6) is 0 Å². The van der Waals surface area contributed by atoms with E-state index in [4.69, 9.17) is 16.3 Å². The molecule has 0 aliphatic carbocycles. The lowest BCUT2D eigenvalue weighted by Crippen LogP contribution is -2.24. The van der Waals surface area contributed by atoms with E-state index in [9.17, 15) is 4.39 Å². The fourth-order valence-corrected chi connectivity index (χ4v) is 2.08. The molecule has 1 aromatic carbocycles. The van der Waals surface area contributed by atoms with Crippen LogP contribution < -0.4 is 5.32 Å². The van der Waals surface area contributed by atoms with Gasteiger partial charge in [0.1, 0.15) is 5.82 Å². The molecule has 0 amide bonds. The fraction of sp³-hybridized carbons (Fsp3) is 0.571. The Morgan fingerprint density at radius 2 is 2.11 bits per heavy atom. The van der Waals surface area contributed by atoms with Crippen LogP contribution in [-0.4, -0.2) is 26.3 Å². The summed E-state index contributed by atoms with van der Waals surface area (Å²) < 4.78 is 19.6. The molecular weight excluding hydrogens is 333 g/mol. The third kappa shape index (κ3) is 6.70. The third-order valence-corrected chi connectivity index (χ3v) is 3.78. The second-order valence-corrected chi connectivity index (χ2v) is 6.08. The molecule has 0 fully saturated rings. The number of halogens is 3. The summed E-state index contributed by atoms with van der Waals surface area (Å²) >= 11 is 9.12. The first-order valence-electron chi connectivity index (χ1n) is 6.42. The molecule has 0 atom stereocenters. The van der Waals surface area contributed by atoms with Gasteiger partial charge in [0.2, 0.25) is 0 Å². The Morgan fingerprint density at radius 3 is 2.79 bits per heavy atom. The molecule has 0 saturated carbocycles. The van der Waals surface area contributed by atoms with Crippen LogP contribution in [0.2, 0.25) is 5.02 Å². The highest BCUT2D eigenvalue weighted by atomic mass is 79.9. The van der Waals surface area contributed by atoms with E-state index in [0.29, 0.717) is 40.6 Å². The molecule has 0 bridgehead atoms. The summed E-state index contributed by atoms with van der Waals surface area (Å²) in [6, 6.07) is 3.03. The molecule has 108 valence electrons. The zero-order valence-corrected chi connectivity index (χ0v) is 13.7. The third-order valence-electron chi connectivity index (χ3n) is 2.58. The summed E-state index contributed by atoms with van der Waals surface area (Å²) in [6.45, 7) is 7.26. The highest BCUT2D eigenvalue weighted by molar-refractivity contribution is 9.10. The lowest BCUT2D eigenvalue weighted by atomic mass is 10.1. The number of ether oxygens (including phenoxy) is 1. The van der Waals surface area contributed by atoms with Gasteiger partial charge >= 0.3 is 0 Å². The Hall–Kier alpha value is -0.160. The standard InChI is InChI=1S/C14H20BrClFNO/c1-10(2)9-18-4-6-19-5-3-11-7-13(16)12(15)8-14(11)17/h7-8,10,18H,3-6,9H2,1-2H3.